The molecule has 15 heavy (non-hydrogen) atoms. The van der Waals surface area contributed by atoms with E-state index in [1.807, 2.05) is 13.8 Å². The van der Waals surface area contributed by atoms with E-state index in [0.29, 0.717) is 23.7 Å². The van der Waals surface area contributed by atoms with Crippen LogP contribution in [0.25, 0.3) is 0 Å². The summed E-state index contributed by atoms with van der Waals surface area (Å²) in [6.45, 7) is 9.15. The molecule has 1 saturated carbocycles. The Morgan fingerprint density at radius 2 is 1.87 bits per heavy atom. The van der Waals surface area contributed by atoms with Crippen molar-refractivity contribution in [2.24, 2.45) is 17.8 Å². The van der Waals surface area contributed by atoms with Gasteiger partial charge >= 0.3 is 0 Å². The van der Waals surface area contributed by atoms with Gasteiger partial charge in [0.15, 0.2) is 0 Å². The van der Waals surface area contributed by atoms with Crippen LogP contribution in [0, 0.1) is 17.8 Å². The zero-order valence-electron chi connectivity index (χ0n) is 10.5. The number of ketones is 1. The highest BCUT2D eigenvalue weighted by atomic mass is 16.5. The van der Waals surface area contributed by atoms with Gasteiger partial charge < -0.3 is 4.74 Å². The van der Waals surface area contributed by atoms with Crippen molar-refractivity contribution in [1.82, 2.24) is 0 Å². The Labute approximate surface area is 93.4 Å². The van der Waals surface area contributed by atoms with Crippen molar-refractivity contribution in [1.29, 1.82) is 0 Å². The average molecular weight is 212 g/mol. The summed E-state index contributed by atoms with van der Waals surface area (Å²) in [7, 11) is 0. The van der Waals surface area contributed by atoms with Crippen LogP contribution in [0.15, 0.2) is 0 Å². The molecule has 1 aliphatic carbocycles. The van der Waals surface area contributed by atoms with E-state index in [9.17, 15) is 4.79 Å². The zero-order valence-corrected chi connectivity index (χ0v) is 10.5. The molecule has 0 heterocycles. The molecular weight excluding hydrogens is 188 g/mol. The summed E-state index contributed by atoms with van der Waals surface area (Å²) in [6, 6.07) is 0. The first-order chi connectivity index (χ1) is 6.99. The van der Waals surface area contributed by atoms with Gasteiger partial charge in [0.05, 0.1) is 6.10 Å². The number of carbonyl (C=O) groups is 1. The van der Waals surface area contributed by atoms with Crippen molar-refractivity contribution in [3.63, 3.8) is 0 Å². The quantitative estimate of drug-likeness (QED) is 0.676. The molecule has 88 valence electrons. The van der Waals surface area contributed by atoms with E-state index in [4.69, 9.17) is 4.74 Å². The molecular formula is C13H24O2. The Hall–Kier alpha value is -0.370. The third-order valence-electron chi connectivity index (χ3n) is 2.99. The summed E-state index contributed by atoms with van der Waals surface area (Å²) < 4.78 is 5.70. The molecule has 0 saturated heterocycles. The third kappa shape index (κ3) is 4.33. The number of rotatable bonds is 6. The Bertz CT molecular complexity index is 203. The fourth-order valence-corrected chi connectivity index (χ4v) is 1.83. The SMILES string of the molecule is CC(C)COC1CC(CC(=O)C(C)C)C1. The van der Waals surface area contributed by atoms with Crippen LogP contribution < -0.4 is 0 Å². The lowest BCUT2D eigenvalue weighted by Crippen LogP contribution is -2.34. The number of hydrogen-bond donors (Lipinski definition) is 0. The van der Waals surface area contributed by atoms with Crippen molar-refractivity contribution in [3.05, 3.63) is 0 Å². The maximum absolute atomic E-state index is 11.5. The minimum absolute atomic E-state index is 0.195. The van der Waals surface area contributed by atoms with Crippen LogP contribution in [0.3, 0.4) is 0 Å². The Morgan fingerprint density at radius 3 is 2.33 bits per heavy atom. The van der Waals surface area contributed by atoms with Gasteiger partial charge in [-0.3, -0.25) is 4.79 Å². The van der Waals surface area contributed by atoms with E-state index in [1.54, 1.807) is 0 Å². The van der Waals surface area contributed by atoms with Gasteiger partial charge in [0, 0.05) is 18.9 Å². The maximum atomic E-state index is 11.5. The van der Waals surface area contributed by atoms with Crippen LogP contribution >= 0.6 is 0 Å². The lowest BCUT2D eigenvalue weighted by Gasteiger charge is -2.35. The molecule has 0 bridgehead atoms. The molecule has 1 aliphatic rings. The van der Waals surface area contributed by atoms with Gasteiger partial charge in [0.1, 0.15) is 5.78 Å². The second kappa shape index (κ2) is 5.64. The van der Waals surface area contributed by atoms with Gasteiger partial charge in [-0.25, -0.2) is 0 Å². The number of ether oxygens (including phenoxy) is 1. The number of Topliss-reactive ketones (excluding diaryl/α,β-unsaturated/α-hetero) is 1. The molecule has 0 spiro atoms. The summed E-state index contributed by atoms with van der Waals surface area (Å²) in [4.78, 5) is 11.5. The normalized spacial score (nSPS) is 25.7. The summed E-state index contributed by atoms with van der Waals surface area (Å²) in [5, 5.41) is 0. The van der Waals surface area contributed by atoms with E-state index < -0.39 is 0 Å². The molecule has 1 rings (SSSR count). The minimum atomic E-state index is 0.195. The van der Waals surface area contributed by atoms with Gasteiger partial charge in [0.2, 0.25) is 0 Å². The van der Waals surface area contributed by atoms with Gasteiger partial charge in [0.25, 0.3) is 0 Å². The summed E-state index contributed by atoms with van der Waals surface area (Å²) in [6.07, 6.45) is 3.37. The van der Waals surface area contributed by atoms with Crippen LogP contribution in [-0.2, 0) is 9.53 Å². The molecule has 0 radical (unpaired) electrons. The molecule has 0 aromatic heterocycles. The van der Waals surface area contributed by atoms with Crippen molar-refractivity contribution in [3.8, 4) is 0 Å². The predicted molar refractivity (Wildman–Crippen MR) is 61.8 cm³/mol. The van der Waals surface area contributed by atoms with Gasteiger partial charge in [-0.15, -0.1) is 0 Å². The van der Waals surface area contributed by atoms with Gasteiger partial charge in [-0.05, 0) is 24.7 Å². The molecule has 0 N–H and O–H groups in total. The largest absolute Gasteiger partial charge is 0.378 e. The Morgan fingerprint density at radius 1 is 1.27 bits per heavy atom. The van der Waals surface area contributed by atoms with Crippen molar-refractivity contribution >= 4 is 5.78 Å². The first-order valence-electron chi connectivity index (χ1n) is 6.13. The van der Waals surface area contributed by atoms with E-state index in [2.05, 4.69) is 13.8 Å². The van der Waals surface area contributed by atoms with E-state index in [1.165, 1.54) is 0 Å². The Kier molecular flexibility index (Phi) is 4.78. The van der Waals surface area contributed by atoms with Crippen LogP contribution in [0.2, 0.25) is 0 Å². The minimum Gasteiger partial charge on any atom is -0.378 e. The highest BCUT2D eigenvalue weighted by molar-refractivity contribution is 5.80. The number of carbonyl (C=O) groups excluding carboxylic acids is 1. The van der Waals surface area contributed by atoms with Gasteiger partial charge in [-0.2, -0.15) is 0 Å². The first-order valence-corrected chi connectivity index (χ1v) is 6.13. The van der Waals surface area contributed by atoms with Crippen LogP contribution in [0.5, 0.6) is 0 Å². The third-order valence-corrected chi connectivity index (χ3v) is 2.99. The lowest BCUT2D eigenvalue weighted by atomic mass is 9.78. The molecule has 0 aromatic rings. The highest BCUT2D eigenvalue weighted by Crippen LogP contribution is 2.33. The fraction of sp³-hybridized carbons (Fsp3) is 0.923. The van der Waals surface area contributed by atoms with E-state index >= 15 is 0 Å². The summed E-state index contributed by atoms with van der Waals surface area (Å²) in [5.41, 5.74) is 0. The summed E-state index contributed by atoms with van der Waals surface area (Å²) in [5.74, 6) is 1.81. The molecule has 0 aliphatic heterocycles. The Balaban J connectivity index is 2.07. The topological polar surface area (TPSA) is 26.3 Å². The monoisotopic (exact) mass is 212 g/mol. The smallest absolute Gasteiger partial charge is 0.135 e. The fourth-order valence-electron chi connectivity index (χ4n) is 1.83. The standard InChI is InChI=1S/C13H24O2/c1-9(2)8-15-12-5-11(6-12)7-13(14)10(3)4/h9-12H,5-8H2,1-4H3. The van der Waals surface area contributed by atoms with Crippen LogP contribution in [-0.4, -0.2) is 18.5 Å². The molecule has 2 heteroatoms. The van der Waals surface area contributed by atoms with Gasteiger partial charge in [-0.1, -0.05) is 27.7 Å². The lowest BCUT2D eigenvalue weighted by molar-refractivity contribution is -0.125. The van der Waals surface area contributed by atoms with Crippen LogP contribution in [0.1, 0.15) is 47.0 Å². The zero-order chi connectivity index (χ0) is 11.4. The average Bonchev–Trinajstić information content (AvgIpc) is 2.07. The first kappa shape index (κ1) is 12.7. The van der Waals surface area contributed by atoms with Crippen molar-refractivity contribution < 1.29 is 9.53 Å². The number of hydrogen-bond acceptors (Lipinski definition) is 2. The highest BCUT2D eigenvalue weighted by Gasteiger charge is 2.31. The molecule has 0 amide bonds. The molecule has 0 atom stereocenters. The maximum Gasteiger partial charge on any atom is 0.135 e. The second-order valence-corrected chi connectivity index (χ2v) is 5.51. The molecule has 2 nitrogen and oxygen atoms in total. The summed E-state index contributed by atoms with van der Waals surface area (Å²) >= 11 is 0. The van der Waals surface area contributed by atoms with E-state index in [0.717, 1.165) is 25.9 Å². The molecule has 0 aromatic carbocycles. The second-order valence-electron chi connectivity index (χ2n) is 5.51. The van der Waals surface area contributed by atoms with E-state index in [-0.39, 0.29) is 5.92 Å². The van der Waals surface area contributed by atoms with Crippen molar-refractivity contribution in [2.75, 3.05) is 6.61 Å². The molecule has 0 unspecified atom stereocenters. The van der Waals surface area contributed by atoms with Crippen LogP contribution in [0.4, 0.5) is 0 Å². The molecule has 1 fully saturated rings. The van der Waals surface area contributed by atoms with Crippen molar-refractivity contribution in [2.45, 2.75) is 53.1 Å². The predicted octanol–water partition coefficient (Wildman–Crippen LogP) is 3.05.